The molecule has 170 valence electrons. The Kier molecular flexibility index (Phi) is 7.19. The van der Waals surface area contributed by atoms with Crippen LogP contribution in [0.2, 0.25) is 0 Å². The predicted molar refractivity (Wildman–Crippen MR) is 130 cm³/mol. The van der Waals surface area contributed by atoms with Gasteiger partial charge in [-0.05, 0) is 78.0 Å². The van der Waals surface area contributed by atoms with Crippen LogP contribution in [0.15, 0.2) is 59.3 Å². The molecule has 0 radical (unpaired) electrons. The number of carbonyl (C=O) groups excluding carboxylic acids is 2. The van der Waals surface area contributed by atoms with E-state index < -0.39 is 11.9 Å². The molecule has 1 saturated heterocycles. The van der Waals surface area contributed by atoms with Gasteiger partial charge in [-0.2, -0.15) is 0 Å². The molecule has 0 unspecified atom stereocenters. The van der Waals surface area contributed by atoms with Gasteiger partial charge in [-0.15, -0.1) is 0 Å². The number of para-hydroxylation sites is 1. The second-order valence-electron chi connectivity index (χ2n) is 7.74. The van der Waals surface area contributed by atoms with Crippen molar-refractivity contribution in [3.8, 4) is 11.8 Å². The van der Waals surface area contributed by atoms with Crippen LogP contribution in [-0.4, -0.2) is 35.0 Å². The number of aromatic nitrogens is 2. The fourth-order valence-corrected chi connectivity index (χ4v) is 3.91. The maximum Gasteiger partial charge on any atom is 0.326 e. The first-order valence-corrected chi connectivity index (χ1v) is 11.5. The quantitative estimate of drug-likeness (QED) is 0.484. The zero-order valence-electron chi connectivity index (χ0n) is 18.2. The number of halogens is 1. The number of amides is 3. The number of aryl methyl sites for hydroxylation is 1. The second kappa shape index (κ2) is 10.4. The maximum absolute atomic E-state index is 12.8. The summed E-state index contributed by atoms with van der Waals surface area (Å²) in [6.07, 6.45) is 6.59. The Morgan fingerprint density at radius 1 is 1.03 bits per heavy atom. The maximum atomic E-state index is 12.8. The second-order valence-corrected chi connectivity index (χ2v) is 8.65. The SMILES string of the molecule is Cc1cc(NC(=O)NC(=O)c2ccccc2N2CCCCC2)ccc1Oc1ncc(Br)cn1. The molecule has 3 amide bonds. The summed E-state index contributed by atoms with van der Waals surface area (Å²) >= 11 is 3.28. The summed E-state index contributed by atoms with van der Waals surface area (Å²) in [5.41, 5.74) is 2.66. The molecule has 1 aliphatic rings. The molecule has 0 saturated carbocycles. The van der Waals surface area contributed by atoms with Gasteiger partial charge in [0.15, 0.2) is 0 Å². The first kappa shape index (κ1) is 22.7. The number of urea groups is 1. The van der Waals surface area contributed by atoms with Crippen LogP contribution < -0.4 is 20.3 Å². The van der Waals surface area contributed by atoms with Gasteiger partial charge in [0.25, 0.3) is 5.91 Å². The topological polar surface area (TPSA) is 96.5 Å². The smallest absolute Gasteiger partial charge is 0.326 e. The van der Waals surface area contributed by atoms with E-state index in [1.807, 2.05) is 19.1 Å². The van der Waals surface area contributed by atoms with Gasteiger partial charge in [0.2, 0.25) is 0 Å². The van der Waals surface area contributed by atoms with E-state index in [0.29, 0.717) is 17.0 Å². The summed E-state index contributed by atoms with van der Waals surface area (Å²) in [6, 6.07) is 12.2. The number of nitrogens with one attached hydrogen (secondary N) is 2. The number of nitrogens with zero attached hydrogens (tertiary/aromatic N) is 3. The van der Waals surface area contributed by atoms with Gasteiger partial charge in [0.05, 0.1) is 10.0 Å². The normalized spacial score (nSPS) is 13.3. The Morgan fingerprint density at radius 3 is 2.48 bits per heavy atom. The monoisotopic (exact) mass is 509 g/mol. The van der Waals surface area contributed by atoms with Crippen molar-refractivity contribution >= 4 is 39.2 Å². The fraction of sp³-hybridized carbons (Fsp3) is 0.250. The third kappa shape index (κ3) is 5.87. The van der Waals surface area contributed by atoms with E-state index in [4.69, 9.17) is 4.74 Å². The lowest BCUT2D eigenvalue weighted by atomic mass is 10.1. The van der Waals surface area contributed by atoms with Crippen LogP contribution in [0, 0.1) is 6.92 Å². The lowest BCUT2D eigenvalue weighted by molar-refractivity contribution is 0.0967. The molecule has 1 aliphatic heterocycles. The van der Waals surface area contributed by atoms with Crippen molar-refractivity contribution in [3.63, 3.8) is 0 Å². The average Bonchev–Trinajstić information content (AvgIpc) is 2.82. The Morgan fingerprint density at radius 2 is 1.76 bits per heavy atom. The minimum atomic E-state index is -0.599. The third-order valence-electron chi connectivity index (χ3n) is 5.30. The molecule has 1 fully saturated rings. The van der Waals surface area contributed by atoms with E-state index in [9.17, 15) is 9.59 Å². The summed E-state index contributed by atoms with van der Waals surface area (Å²) in [7, 11) is 0. The number of imide groups is 1. The van der Waals surface area contributed by atoms with Crippen molar-refractivity contribution < 1.29 is 14.3 Å². The molecule has 8 nitrogen and oxygen atoms in total. The Hall–Kier alpha value is -3.46. The molecule has 33 heavy (non-hydrogen) atoms. The first-order valence-electron chi connectivity index (χ1n) is 10.7. The number of benzene rings is 2. The summed E-state index contributed by atoms with van der Waals surface area (Å²) in [4.78, 5) is 35.7. The highest BCUT2D eigenvalue weighted by molar-refractivity contribution is 9.10. The average molecular weight is 510 g/mol. The molecular formula is C24H24BrN5O3. The molecule has 1 aromatic heterocycles. The number of hydrogen-bond acceptors (Lipinski definition) is 6. The molecule has 0 spiro atoms. The molecule has 0 bridgehead atoms. The van der Waals surface area contributed by atoms with Crippen LogP contribution in [0.5, 0.6) is 11.8 Å². The van der Waals surface area contributed by atoms with E-state index in [1.54, 1.807) is 42.7 Å². The minimum absolute atomic E-state index is 0.220. The largest absolute Gasteiger partial charge is 0.424 e. The van der Waals surface area contributed by atoms with Gasteiger partial charge in [-0.25, -0.2) is 14.8 Å². The van der Waals surface area contributed by atoms with Crippen LogP contribution in [0.4, 0.5) is 16.2 Å². The van der Waals surface area contributed by atoms with Gasteiger partial charge in [0, 0.05) is 36.9 Å². The number of carbonyl (C=O) groups is 2. The van der Waals surface area contributed by atoms with E-state index in [1.165, 1.54) is 6.42 Å². The standard InChI is InChI=1S/C24H24BrN5O3/c1-16-13-18(9-10-21(16)33-24-26-14-17(25)15-27-24)28-23(32)29-22(31)19-7-3-4-8-20(19)30-11-5-2-6-12-30/h3-4,7-10,13-15H,2,5-6,11-12H2,1H3,(H2,28,29,31,32). The van der Waals surface area contributed by atoms with Gasteiger partial charge in [-0.1, -0.05) is 12.1 Å². The highest BCUT2D eigenvalue weighted by Gasteiger charge is 2.19. The number of ether oxygens (including phenoxy) is 1. The van der Waals surface area contributed by atoms with E-state index in [-0.39, 0.29) is 6.01 Å². The Balaban J connectivity index is 1.39. The van der Waals surface area contributed by atoms with Crippen LogP contribution in [0.1, 0.15) is 35.2 Å². The van der Waals surface area contributed by atoms with Crippen LogP contribution >= 0.6 is 15.9 Å². The molecule has 0 aliphatic carbocycles. The van der Waals surface area contributed by atoms with Crippen LogP contribution in [-0.2, 0) is 0 Å². The minimum Gasteiger partial charge on any atom is -0.424 e. The summed E-state index contributed by atoms with van der Waals surface area (Å²) < 4.78 is 6.44. The first-order chi connectivity index (χ1) is 16.0. The number of anilines is 2. The van der Waals surface area contributed by atoms with Crippen LogP contribution in [0.25, 0.3) is 0 Å². The number of hydrogen-bond donors (Lipinski definition) is 2. The molecule has 0 atom stereocenters. The van der Waals surface area contributed by atoms with Gasteiger partial charge < -0.3 is 15.0 Å². The van der Waals surface area contributed by atoms with Crippen molar-refractivity contribution in [2.75, 3.05) is 23.3 Å². The summed E-state index contributed by atoms with van der Waals surface area (Å²) in [5.74, 6) is 0.132. The lowest BCUT2D eigenvalue weighted by Gasteiger charge is -2.30. The zero-order chi connectivity index (χ0) is 23.2. The lowest BCUT2D eigenvalue weighted by Crippen LogP contribution is -2.36. The molecule has 2 aromatic carbocycles. The molecular weight excluding hydrogens is 486 g/mol. The molecule has 3 aromatic rings. The highest BCUT2D eigenvalue weighted by atomic mass is 79.9. The van der Waals surface area contributed by atoms with Gasteiger partial charge in [-0.3, -0.25) is 10.1 Å². The molecule has 2 N–H and O–H groups in total. The summed E-state index contributed by atoms with van der Waals surface area (Å²) in [5, 5.41) is 5.14. The van der Waals surface area contributed by atoms with E-state index in [2.05, 4.69) is 41.4 Å². The van der Waals surface area contributed by atoms with Crippen molar-refractivity contribution in [2.45, 2.75) is 26.2 Å². The van der Waals surface area contributed by atoms with Crippen molar-refractivity contribution in [1.82, 2.24) is 15.3 Å². The van der Waals surface area contributed by atoms with Crippen molar-refractivity contribution in [3.05, 3.63) is 70.5 Å². The van der Waals surface area contributed by atoms with Crippen molar-refractivity contribution in [1.29, 1.82) is 0 Å². The number of piperidine rings is 1. The van der Waals surface area contributed by atoms with E-state index in [0.717, 1.165) is 41.7 Å². The number of rotatable bonds is 5. The Labute approximate surface area is 200 Å². The van der Waals surface area contributed by atoms with Gasteiger partial charge >= 0.3 is 12.0 Å². The van der Waals surface area contributed by atoms with Gasteiger partial charge in [0.1, 0.15) is 5.75 Å². The zero-order valence-corrected chi connectivity index (χ0v) is 19.8. The van der Waals surface area contributed by atoms with Crippen molar-refractivity contribution in [2.24, 2.45) is 0 Å². The molecule has 9 heteroatoms. The summed E-state index contributed by atoms with van der Waals surface area (Å²) in [6.45, 7) is 3.67. The van der Waals surface area contributed by atoms with Crippen LogP contribution in [0.3, 0.4) is 0 Å². The predicted octanol–water partition coefficient (Wildman–Crippen LogP) is 5.29. The Bertz CT molecular complexity index is 1150. The highest BCUT2D eigenvalue weighted by Crippen LogP contribution is 2.26. The molecule has 2 heterocycles. The fourth-order valence-electron chi connectivity index (χ4n) is 3.70. The van der Waals surface area contributed by atoms with E-state index >= 15 is 0 Å². The molecule has 4 rings (SSSR count). The third-order valence-corrected chi connectivity index (χ3v) is 5.71.